The van der Waals surface area contributed by atoms with Crippen LogP contribution in [0.25, 0.3) is 0 Å². The number of carboxylic acids is 1. The molecule has 0 bridgehead atoms. The monoisotopic (exact) mass is 288 g/mol. The Morgan fingerprint density at radius 3 is 2.58 bits per heavy atom. The summed E-state index contributed by atoms with van der Waals surface area (Å²) in [7, 11) is -0.795. The molecular weight excluding hydrogens is 268 g/mol. The van der Waals surface area contributed by atoms with E-state index in [0.717, 1.165) is 12.8 Å². The van der Waals surface area contributed by atoms with Crippen LogP contribution in [-0.2, 0) is 15.6 Å². The fraction of sp³-hybridized carbons (Fsp3) is 0.833. The average Bonchev–Trinajstić information content (AvgIpc) is 2.85. The van der Waals surface area contributed by atoms with Crippen LogP contribution in [0.5, 0.6) is 0 Å². The summed E-state index contributed by atoms with van der Waals surface area (Å²) in [6.45, 7) is 1.46. The molecule has 2 atom stereocenters. The molecule has 0 radical (unpaired) electrons. The first-order chi connectivity index (χ1) is 9.08. The number of hydrogen-bond donors (Lipinski definition) is 2. The van der Waals surface area contributed by atoms with Crippen molar-refractivity contribution in [3.63, 3.8) is 0 Å². The van der Waals surface area contributed by atoms with Crippen molar-refractivity contribution in [1.29, 1.82) is 0 Å². The molecule has 2 aliphatic rings. The number of carbonyl (C=O) groups is 2. The van der Waals surface area contributed by atoms with Gasteiger partial charge in [0.2, 0.25) is 0 Å². The Hall–Kier alpha value is -1.11. The fourth-order valence-corrected chi connectivity index (χ4v) is 3.83. The number of aliphatic carboxylic acids is 1. The number of urea groups is 1. The van der Waals surface area contributed by atoms with Gasteiger partial charge in [-0.3, -0.25) is 9.00 Å². The second-order valence-corrected chi connectivity index (χ2v) is 6.85. The highest BCUT2D eigenvalue weighted by molar-refractivity contribution is 7.85. The zero-order valence-corrected chi connectivity index (χ0v) is 11.7. The predicted octanol–water partition coefficient (Wildman–Crippen LogP) is 0.261. The Kier molecular flexibility index (Phi) is 4.79. The maximum Gasteiger partial charge on any atom is 0.317 e. The van der Waals surface area contributed by atoms with E-state index in [1.807, 2.05) is 0 Å². The Balaban J connectivity index is 1.77. The van der Waals surface area contributed by atoms with Crippen LogP contribution in [0.1, 0.15) is 19.3 Å². The molecule has 0 aromatic carbocycles. The van der Waals surface area contributed by atoms with Gasteiger partial charge in [0.1, 0.15) is 0 Å². The van der Waals surface area contributed by atoms with Crippen LogP contribution < -0.4 is 5.32 Å². The fourth-order valence-electron chi connectivity index (χ4n) is 2.78. The number of nitrogens with zero attached hydrogens (tertiary/aromatic N) is 1. The van der Waals surface area contributed by atoms with Gasteiger partial charge >= 0.3 is 12.0 Å². The number of carboxylic acid groups (broad SMARTS) is 1. The Labute approximate surface area is 115 Å². The highest BCUT2D eigenvalue weighted by Gasteiger charge is 2.33. The third-order valence-corrected chi connectivity index (χ3v) is 5.23. The van der Waals surface area contributed by atoms with Crippen LogP contribution in [0.4, 0.5) is 4.79 Å². The largest absolute Gasteiger partial charge is 0.481 e. The molecule has 1 aliphatic carbocycles. The first-order valence-corrected chi connectivity index (χ1v) is 8.17. The van der Waals surface area contributed by atoms with Crippen molar-refractivity contribution in [3.8, 4) is 0 Å². The van der Waals surface area contributed by atoms with Crippen molar-refractivity contribution in [3.05, 3.63) is 0 Å². The van der Waals surface area contributed by atoms with Crippen LogP contribution in [0.2, 0.25) is 0 Å². The molecule has 19 heavy (non-hydrogen) atoms. The number of hydrogen-bond acceptors (Lipinski definition) is 3. The van der Waals surface area contributed by atoms with Crippen LogP contribution in [-0.4, -0.2) is 57.4 Å². The van der Waals surface area contributed by atoms with Gasteiger partial charge in [-0.2, -0.15) is 0 Å². The zero-order chi connectivity index (χ0) is 13.8. The maximum atomic E-state index is 11.9. The van der Waals surface area contributed by atoms with Gasteiger partial charge < -0.3 is 15.3 Å². The molecule has 0 aromatic heterocycles. The van der Waals surface area contributed by atoms with Gasteiger partial charge in [-0.15, -0.1) is 0 Å². The van der Waals surface area contributed by atoms with Gasteiger partial charge in [0.05, 0.1) is 5.92 Å². The van der Waals surface area contributed by atoms with Crippen molar-refractivity contribution in [2.45, 2.75) is 19.3 Å². The third-order valence-electron chi connectivity index (χ3n) is 3.96. The molecule has 7 heteroatoms. The van der Waals surface area contributed by atoms with Crippen molar-refractivity contribution in [2.24, 2.45) is 11.8 Å². The topological polar surface area (TPSA) is 86.7 Å². The minimum absolute atomic E-state index is 0.0420. The molecule has 0 aromatic rings. The van der Waals surface area contributed by atoms with E-state index >= 15 is 0 Å². The molecule has 0 spiro atoms. The summed E-state index contributed by atoms with van der Waals surface area (Å²) in [6.07, 6.45) is 2.49. The minimum Gasteiger partial charge on any atom is -0.481 e. The quantitative estimate of drug-likeness (QED) is 0.780. The van der Waals surface area contributed by atoms with Gasteiger partial charge in [-0.1, -0.05) is 6.42 Å². The first kappa shape index (κ1) is 14.3. The van der Waals surface area contributed by atoms with Gasteiger partial charge in [0, 0.05) is 41.9 Å². The second-order valence-electron chi connectivity index (χ2n) is 5.16. The number of nitrogens with one attached hydrogen (secondary N) is 1. The van der Waals surface area contributed by atoms with Crippen LogP contribution in [0.15, 0.2) is 0 Å². The van der Waals surface area contributed by atoms with Crippen LogP contribution in [0, 0.1) is 11.8 Å². The zero-order valence-electron chi connectivity index (χ0n) is 10.8. The summed E-state index contributed by atoms with van der Waals surface area (Å²) in [6, 6.07) is -0.160. The van der Waals surface area contributed by atoms with Gasteiger partial charge in [-0.05, 0) is 18.8 Å². The molecule has 2 unspecified atom stereocenters. The molecule has 1 heterocycles. The van der Waals surface area contributed by atoms with Crippen molar-refractivity contribution >= 4 is 22.8 Å². The van der Waals surface area contributed by atoms with E-state index in [1.165, 1.54) is 0 Å². The summed E-state index contributed by atoms with van der Waals surface area (Å²) in [5.41, 5.74) is 0. The number of rotatable bonds is 3. The predicted molar refractivity (Wildman–Crippen MR) is 71.3 cm³/mol. The third kappa shape index (κ3) is 3.68. The minimum atomic E-state index is -0.795. The molecule has 1 aliphatic heterocycles. The number of amides is 2. The van der Waals surface area contributed by atoms with Gasteiger partial charge in [0.25, 0.3) is 0 Å². The normalized spacial score (nSPS) is 28.3. The molecule has 2 N–H and O–H groups in total. The summed E-state index contributed by atoms with van der Waals surface area (Å²) < 4.78 is 11.2. The average molecular weight is 288 g/mol. The van der Waals surface area contributed by atoms with Crippen molar-refractivity contribution in [1.82, 2.24) is 10.2 Å². The van der Waals surface area contributed by atoms with E-state index in [0.29, 0.717) is 37.6 Å². The SMILES string of the molecule is O=C(O)C1CCCC1CNC(=O)N1CCS(=O)CC1. The molecule has 2 amide bonds. The van der Waals surface area contributed by atoms with Crippen LogP contribution >= 0.6 is 0 Å². The lowest BCUT2D eigenvalue weighted by Gasteiger charge is -2.27. The summed E-state index contributed by atoms with van der Waals surface area (Å²) in [5, 5.41) is 11.9. The van der Waals surface area contributed by atoms with E-state index < -0.39 is 16.8 Å². The van der Waals surface area contributed by atoms with Crippen LogP contribution in [0.3, 0.4) is 0 Å². The summed E-state index contributed by atoms with van der Waals surface area (Å²) >= 11 is 0. The molecule has 6 nitrogen and oxygen atoms in total. The molecule has 2 fully saturated rings. The molecule has 2 rings (SSSR count). The van der Waals surface area contributed by atoms with Gasteiger partial charge in [0.15, 0.2) is 0 Å². The summed E-state index contributed by atoms with van der Waals surface area (Å²) in [4.78, 5) is 24.6. The standard InChI is InChI=1S/C12H20N2O4S/c15-11(16)10-3-1-2-9(10)8-13-12(17)14-4-6-19(18)7-5-14/h9-10H,1-8H2,(H,13,17)(H,15,16). The molecule has 108 valence electrons. The van der Waals surface area contributed by atoms with Crippen molar-refractivity contribution < 1.29 is 18.9 Å². The van der Waals surface area contributed by atoms with E-state index in [2.05, 4.69) is 5.32 Å². The Morgan fingerprint density at radius 2 is 1.95 bits per heavy atom. The van der Waals surface area contributed by atoms with Gasteiger partial charge in [-0.25, -0.2) is 4.79 Å². The highest BCUT2D eigenvalue weighted by atomic mass is 32.2. The van der Waals surface area contributed by atoms with E-state index in [9.17, 15) is 13.8 Å². The van der Waals surface area contributed by atoms with E-state index in [1.54, 1.807) is 4.90 Å². The van der Waals surface area contributed by atoms with Crippen molar-refractivity contribution in [2.75, 3.05) is 31.1 Å². The lowest BCUT2D eigenvalue weighted by Crippen LogP contribution is -2.48. The molecule has 1 saturated carbocycles. The number of carbonyl (C=O) groups excluding carboxylic acids is 1. The van der Waals surface area contributed by atoms with E-state index in [-0.39, 0.29) is 17.9 Å². The first-order valence-electron chi connectivity index (χ1n) is 6.68. The Bertz CT molecular complexity index is 378. The molecular formula is C12H20N2O4S. The smallest absolute Gasteiger partial charge is 0.317 e. The molecule has 1 saturated heterocycles. The maximum absolute atomic E-state index is 11.9. The lowest BCUT2D eigenvalue weighted by atomic mass is 9.96. The highest BCUT2D eigenvalue weighted by Crippen LogP contribution is 2.31. The Morgan fingerprint density at radius 1 is 1.26 bits per heavy atom. The van der Waals surface area contributed by atoms with E-state index in [4.69, 9.17) is 5.11 Å². The lowest BCUT2D eigenvalue weighted by molar-refractivity contribution is -0.142. The summed E-state index contributed by atoms with van der Waals surface area (Å²) in [5.74, 6) is 0.0306. The second kappa shape index (κ2) is 6.36.